The van der Waals surface area contributed by atoms with Gasteiger partial charge in [-0.2, -0.15) is 4.98 Å². The fourth-order valence-corrected chi connectivity index (χ4v) is 4.85. The fraction of sp³-hybridized carbons (Fsp3) is 0.333. The van der Waals surface area contributed by atoms with Crippen LogP contribution in [-0.2, 0) is 4.79 Å². The van der Waals surface area contributed by atoms with E-state index < -0.39 is 0 Å². The summed E-state index contributed by atoms with van der Waals surface area (Å²) < 4.78 is 13.9. The molecule has 0 radical (unpaired) electrons. The van der Waals surface area contributed by atoms with Crippen molar-refractivity contribution in [3.05, 3.63) is 36.4 Å². The maximum atomic E-state index is 12.9. The number of anilines is 2. The standard InChI is InChI=1S/C18H18FN5OS2/c19-12-4-6-13(7-5-12)22-14(25)10-26-17-15-16(20-11-21-17)23-18(27-15)24-8-2-1-3-9-24/h4-7,11H,1-3,8-10H2,(H,22,25). The zero-order valence-corrected chi connectivity index (χ0v) is 16.2. The van der Waals surface area contributed by atoms with Crippen molar-refractivity contribution in [3.63, 3.8) is 0 Å². The molecule has 6 nitrogen and oxygen atoms in total. The predicted molar refractivity (Wildman–Crippen MR) is 107 cm³/mol. The normalized spacial score (nSPS) is 14.5. The SMILES string of the molecule is O=C(CSc1ncnc2nc(N3CCCCC3)sc12)Nc1ccc(F)cc1. The Bertz CT molecular complexity index is 941. The van der Waals surface area contributed by atoms with Crippen LogP contribution in [0.4, 0.5) is 15.2 Å². The van der Waals surface area contributed by atoms with E-state index in [1.54, 1.807) is 11.3 Å². The monoisotopic (exact) mass is 403 g/mol. The summed E-state index contributed by atoms with van der Waals surface area (Å²) in [5.41, 5.74) is 1.25. The van der Waals surface area contributed by atoms with Crippen LogP contribution < -0.4 is 10.2 Å². The Morgan fingerprint density at radius 1 is 1.19 bits per heavy atom. The van der Waals surface area contributed by atoms with E-state index in [9.17, 15) is 9.18 Å². The molecule has 1 aromatic carbocycles. The van der Waals surface area contributed by atoms with Gasteiger partial charge in [-0.3, -0.25) is 4.79 Å². The number of hydrogen-bond acceptors (Lipinski definition) is 7. The van der Waals surface area contributed by atoms with Crippen molar-refractivity contribution in [1.29, 1.82) is 0 Å². The molecule has 2 aromatic heterocycles. The van der Waals surface area contributed by atoms with Crippen LogP contribution in [0.2, 0.25) is 0 Å². The number of carbonyl (C=O) groups is 1. The molecule has 1 N–H and O–H groups in total. The van der Waals surface area contributed by atoms with Crippen LogP contribution >= 0.6 is 23.1 Å². The van der Waals surface area contributed by atoms with Crippen molar-refractivity contribution in [3.8, 4) is 0 Å². The number of fused-ring (bicyclic) bond motifs is 1. The van der Waals surface area contributed by atoms with E-state index in [0.717, 1.165) is 27.9 Å². The molecule has 4 rings (SSSR count). The fourth-order valence-electron chi connectivity index (χ4n) is 2.91. The molecular formula is C18H18FN5OS2. The number of nitrogens with one attached hydrogen (secondary N) is 1. The smallest absolute Gasteiger partial charge is 0.234 e. The Labute approximate surface area is 164 Å². The molecule has 9 heteroatoms. The molecule has 3 heterocycles. The van der Waals surface area contributed by atoms with Crippen molar-refractivity contribution < 1.29 is 9.18 Å². The summed E-state index contributed by atoms with van der Waals surface area (Å²) in [6.45, 7) is 2.05. The first-order valence-corrected chi connectivity index (χ1v) is 10.5. The quantitative estimate of drug-likeness (QED) is 0.514. The second-order valence-corrected chi connectivity index (χ2v) is 8.16. The molecule has 1 amide bonds. The number of piperidine rings is 1. The van der Waals surface area contributed by atoms with Crippen LogP contribution in [0.3, 0.4) is 0 Å². The summed E-state index contributed by atoms with van der Waals surface area (Å²) >= 11 is 2.94. The van der Waals surface area contributed by atoms with Crippen molar-refractivity contribution >= 4 is 50.2 Å². The van der Waals surface area contributed by atoms with Crippen LogP contribution in [0.5, 0.6) is 0 Å². The lowest BCUT2D eigenvalue weighted by atomic mass is 10.1. The number of hydrogen-bond donors (Lipinski definition) is 1. The van der Waals surface area contributed by atoms with Crippen LogP contribution in [0.25, 0.3) is 10.3 Å². The summed E-state index contributed by atoms with van der Waals surface area (Å²) in [5.74, 6) is -0.292. The molecule has 1 saturated heterocycles. The summed E-state index contributed by atoms with van der Waals surface area (Å²) in [5, 5.41) is 4.49. The number of benzene rings is 1. The number of carbonyl (C=O) groups excluding carboxylic acids is 1. The Morgan fingerprint density at radius 3 is 2.74 bits per heavy atom. The van der Waals surface area contributed by atoms with Crippen LogP contribution in [0.15, 0.2) is 35.6 Å². The highest BCUT2D eigenvalue weighted by atomic mass is 32.2. The number of rotatable bonds is 5. The molecule has 3 aromatic rings. The van der Waals surface area contributed by atoms with Crippen LogP contribution in [0, 0.1) is 5.82 Å². The van der Waals surface area contributed by atoms with E-state index in [4.69, 9.17) is 0 Å². The second-order valence-electron chi connectivity index (χ2n) is 6.22. The molecule has 0 bridgehead atoms. The Kier molecular flexibility index (Phi) is 5.49. The lowest BCUT2D eigenvalue weighted by molar-refractivity contribution is -0.113. The van der Waals surface area contributed by atoms with Crippen LogP contribution in [-0.4, -0.2) is 39.7 Å². The number of amides is 1. The molecule has 0 saturated carbocycles. The number of halogens is 1. The Hall–Kier alpha value is -2.26. The summed E-state index contributed by atoms with van der Waals surface area (Å²) in [6, 6.07) is 5.70. The minimum absolute atomic E-state index is 0.167. The summed E-state index contributed by atoms with van der Waals surface area (Å²) in [4.78, 5) is 27.7. The second kappa shape index (κ2) is 8.18. The van der Waals surface area contributed by atoms with Crippen LogP contribution in [0.1, 0.15) is 19.3 Å². The van der Waals surface area contributed by atoms with Gasteiger partial charge in [-0.1, -0.05) is 23.1 Å². The van der Waals surface area contributed by atoms with Crippen molar-refractivity contribution in [1.82, 2.24) is 15.0 Å². The highest BCUT2D eigenvalue weighted by Crippen LogP contribution is 2.34. The summed E-state index contributed by atoms with van der Waals surface area (Å²) in [6.07, 6.45) is 5.13. The van der Waals surface area contributed by atoms with Gasteiger partial charge in [0.2, 0.25) is 5.91 Å². The molecule has 1 aliphatic rings. The number of aromatic nitrogens is 3. The Morgan fingerprint density at radius 2 is 1.96 bits per heavy atom. The lowest BCUT2D eigenvalue weighted by Gasteiger charge is -2.25. The minimum atomic E-state index is -0.333. The third-order valence-electron chi connectivity index (χ3n) is 4.24. The molecule has 0 aliphatic carbocycles. The average Bonchev–Trinajstić information content (AvgIpc) is 3.14. The zero-order chi connectivity index (χ0) is 18.6. The molecule has 27 heavy (non-hydrogen) atoms. The third kappa shape index (κ3) is 4.36. The van der Waals surface area contributed by atoms with Gasteiger partial charge in [-0.15, -0.1) is 0 Å². The first-order valence-electron chi connectivity index (χ1n) is 8.74. The van der Waals surface area contributed by atoms with Gasteiger partial charge < -0.3 is 10.2 Å². The number of thiazole rings is 1. The van der Waals surface area contributed by atoms with E-state index in [1.165, 1.54) is 61.6 Å². The average molecular weight is 404 g/mol. The highest BCUT2D eigenvalue weighted by Gasteiger charge is 2.18. The lowest BCUT2D eigenvalue weighted by Crippen LogP contribution is -2.29. The predicted octanol–water partition coefficient (Wildman–Crippen LogP) is 3.95. The van der Waals surface area contributed by atoms with Crippen molar-refractivity contribution in [2.24, 2.45) is 0 Å². The third-order valence-corrected chi connectivity index (χ3v) is 6.47. The first kappa shape index (κ1) is 18.1. The zero-order valence-electron chi connectivity index (χ0n) is 14.5. The topological polar surface area (TPSA) is 71.0 Å². The van der Waals surface area contributed by atoms with Gasteiger partial charge in [-0.25, -0.2) is 14.4 Å². The number of thioether (sulfide) groups is 1. The van der Waals surface area contributed by atoms with Crippen molar-refractivity contribution in [2.75, 3.05) is 29.1 Å². The molecule has 1 aliphatic heterocycles. The van der Waals surface area contributed by atoms with E-state index in [0.29, 0.717) is 11.3 Å². The van der Waals surface area contributed by atoms with Gasteiger partial charge >= 0.3 is 0 Å². The number of nitrogens with zero attached hydrogens (tertiary/aromatic N) is 4. The minimum Gasteiger partial charge on any atom is -0.348 e. The van der Waals surface area contributed by atoms with Gasteiger partial charge in [0.25, 0.3) is 0 Å². The van der Waals surface area contributed by atoms with Gasteiger partial charge in [0.15, 0.2) is 10.8 Å². The largest absolute Gasteiger partial charge is 0.348 e. The first-order chi connectivity index (χ1) is 13.2. The molecular weight excluding hydrogens is 385 g/mol. The molecule has 140 valence electrons. The van der Waals surface area contributed by atoms with Gasteiger partial charge in [-0.05, 0) is 43.5 Å². The molecule has 0 unspecified atom stereocenters. The Balaban J connectivity index is 1.44. The maximum absolute atomic E-state index is 12.9. The summed E-state index contributed by atoms with van der Waals surface area (Å²) in [7, 11) is 0. The molecule has 0 spiro atoms. The van der Waals surface area contributed by atoms with E-state index in [2.05, 4.69) is 25.2 Å². The van der Waals surface area contributed by atoms with E-state index in [-0.39, 0.29) is 17.5 Å². The molecule has 0 atom stereocenters. The van der Waals surface area contributed by atoms with E-state index in [1.807, 2.05) is 0 Å². The maximum Gasteiger partial charge on any atom is 0.234 e. The van der Waals surface area contributed by atoms with E-state index >= 15 is 0 Å². The van der Waals surface area contributed by atoms with Gasteiger partial charge in [0.05, 0.1) is 5.75 Å². The molecule has 1 fully saturated rings. The highest BCUT2D eigenvalue weighted by molar-refractivity contribution is 8.00. The van der Waals surface area contributed by atoms with Gasteiger partial charge in [0, 0.05) is 18.8 Å². The van der Waals surface area contributed by atoms with Crippen molar-refractivity contribution in [2.45, 2.75) is 24.3 Å². The van der Waals surface area contributed by atoms with Gasteiger partial charge in [0.1, 0.15) is 21.9 Å².